The number of anilines is 3. The van der Waals surface area contributed by atoms with Gasteiger partial charge in [-0.1, -0.05) is 0 Å². The number of morpholine rings is 1. The predicted molar refractivity (Wildman–Crippen MR) is 126 cm³/mol. The Labute approximate surface area is 190 Å². The summed E-state index contributed by atoms with van der Waals surface area (Å²) in [7, 11) is 0. The highest BCUT2D eigenvalue weighted by molar-refractivity contribution is 5.74. The van der Waals surface area contributed by atoms with E-state index in [1.807, 2.05) is 6.20 Å². The number of hydrogen-bond acceptors (Lipinski definition) is 7. The molecular weight excluding hydrogens is 402 g/mol. The van der Waals surface area contributed by atoms with Crippen molar-refractivity contribution in [3.8, 4) is 5.75 Å². The van der Waals surface area contributed by atoms with Gasteiger partial charge in [0.25, 0.3) is 0 Å². The van der Waals surface area contributed by atoms with Crippen molar-refractivity contribution in [3.05, 3.63) is 41.1 Å². The van der Waals surface area contributed by atoms with E-state index in [9.17, 15) is 0 Å². The average molecular weight is 436 g/mol. The topological polar surface area (TPSA) is 61.9 Å². The number of pyridine rings is 1. The van der Waals surface area contributed by atoms with Gasteiger partial charge in [0.1, 0.15) is 18.2 Å². The van der Waals surface area contributed by atoms with Crippen molar-refractivity contribution < 1.29 is 9.47 Å². The van der Waals surface area contributed by atoms with Gasteiger partial charge in [-0.3, -0.25) is 4.90 Å². The smallest absolute Gasteiger partial charge is 0.143 e. The molecule has 0 amide bonds. The Bertz CT molecular complexity index is 979. The molecule has 0 aliphatic carbocycles. The lowest BCUT2D eigenvalue weighted by Gasteiger charge is -2.42. The summed E-state index contributed by atoms with van der Waals surface area (Å²) < 4.78 is 11.9. The SMILES string of the molecule is Cc1cc2c(cc1C1CCN(C3CNC3)CC1)Nc1nccc(N3CCOCC3)c1CO2. The lowest BCUT2D eigenvalue weighted by atomic mass is 9.85. The van der Waals surface area contributed by atoms with Gasteiger partial charge in [0.2, 0.25) is 0 Å². The van der Waals surface area contributed by atoms with E-state index in [-0.39, 0.29) is 0 Å². The number of nitrogens with one attached hydrogen (secondary N) is 2. The zero-order valence-corrected chi connectivity index (χ0v) is 18.9. The first-order valence-electron chi connectivity index (χ1n) is 12.1. The molecule has 6 rings (SSSR count). The van der Waals surface area contributed by atoms with E-state index in [1.54, 1.807) is 0 Å². The van der Waals surface area contributed by atoms with Gasteiger partial charge in [0.15, 0.2) is 0 Å². The number of likely N-dealkylation sites (tertiary alicyclic amines) is 1. The molecule has 1 aromatic heterocycles. The van der Waals surface area contributed by atoms with Gasteiger partial charge in [0, 0.05) is 44.1 Å². The quantitative estimate of drug-likeness (QED) is 0.769. The van der Waals surface area contributed by atoms with E-state index in [0.29, 0.717) is 12.5 Å². The van der Waals surface area contributed by atoms with E-state index >= 15 is 0 Å². The summed E-state index contributed by atoms with van der Waals surface area (Å²) in [4.78, 5) is 9.73. The molecule has 0 unspecified atom stereocenters. The highest BCUT2D eigenvalue weighted by Crippen LogP contribution is 2.41. The number of aromatic nitrogens is 1. The molecule has 7 heteroatoms. The van der Waals surface area contributed by atoms with Crippen LogP contribution in [0, 0.1) is 6.92 Å². The third-order valence-corrected chi connectivity index (χ3v) is 7.62. The van der Waals surface area contributed by atoms with Crippen molar-refractivity contribution in [2.45, 2.75) is 38.3 Å². The first-order chi connectivity index (χ1) is 15.8. The second kappa shape index (κ2) is 8.54. The van der Waals surface area contributed by atoms with Crippen LogP contribution >= 0.6 is 0 Å². The van der Waals surface area contributed by atoms with Crippen molar-refractivity contribution in [1.29, 1.82) is 0 Å². The van der Waals surface area contributed by atoms with Gasteiger partial charge in [0.05, 0.1) is 24.5 Å². The second-order valence-electron chi connectivity index (χ2n) is 9.50. The largest absolute Gasteiger partial charge is 0.486 e. The van der Waals surface area contributed by atoms with E-state index in [2.05, 4.69) is 50.5 Å². The minimum atomic E-state index is 0.530. The summed E-state index contributed by atoms with van der Waals surface area (Å²) in [6, 6.07) is 7.41. The number of rotatable bonds is 3. The Morgan fingerprint density at radius 3 is 2.62 bits per heavy atom. The summed E-state index contributed by atoms with van der Waals surface area (Å²) in [5, 5.41) is 7.03. The molecule has 0 spiro atoms. The summed E-state index contributed by atoms with van der Waals surface area (Å²) in [6.45, 7) is 10.8. The fraction of sp³-hybridized carbons (Fsp3) is 0.560. The Hall–Kier alpha value is -2.35. The van der Waals surface area contributed by atoms with Crippen LogP contribution in [-0.2, 0) is 11.3 Å². The lowest BCUT2D eigenvalue weighted by molar-refractivity contribution is 0.113. The fourth-order valence-corrected chi connectivity index (χ4v) is 5.57. The Morgan fingerprint density at radius 1 is 1.06 bits per heavy atom. The van der Waals surface area contributed by atoms with Gasteiger partial charge in [-0.2, -0.15) is 0 Å². The van der Waals surface area contributed by atoms with Crippen LogP contribution in [0.4, 0.5) is 17.2 Å². The van der Waals surface area contributed by atoms with E-state index in [0.717, 1.165) is 68.3 Å². The van der Waals surface area contributed by atoms with Crippen LogP contribution in [0.15, 0.2) is 24.4 Å². The minimum Gasteiger partial charge on any atom is -0.486 e. The van der Waals surface area contributed by atoms with Crippen molar-refractivity contribution in [2.75, 3.05) is 62.7 Å². The molecule has 0 bridgehead atoms. The lowest BCUT2D eigenvalue weighted by Crippen LogP contribution is -2.58. The van der Waals surface area contributed by atoms with Crippen LogP contribution in [0.25, 0.3) is 0 Å². The number of piperidine rings is 1. The van der Waals surface area contributed by atoms with Crippen molar-refractivity contribution in [3.63, 3.8) is 0 Å². The summed E-state index contributed by atoms with van der Waals surface area (Å²) >= 11 is 0. The van der Waals surface area contributed by atoms with E-state index < -0.39 is 0 Å². The van der Waals surface area contributed by atoms with Gasteiger partial charge < -0.3 is 25.0 Å². The molecule has 4 aliphatic heterocycles. The highest BCUT2D eigenvalue weighted by atomic mass is 16.5. The molecule has 0 atom stereocenters. The molecule has 3 saturated heterocycles. The van der Waals surface area contributed by atoms with Crippen LogP contribution in [0.2, 0.25) is 0 Å². The summed E-state index contributed by atoms with van der Waals surface area (Å²) in [5.74, 6) is 2.45. The maximum Gasteiger partial charge on any atom is 0.143 e. The molecule has 0 saturated carbocycles. The Balaban J connectivity index is 1.25. The second-order valence-corrected chi connectivity index (χ2v) is 9.50. The molecule has 170 valence electrons. The third kappa shape index (κ3) is 3.72. The van der Waals surface area contributed by atoms with Gasteiger partial charge in [-0.25, -0.2) is 4.98 Å². The summed E-state index contributed by atoms with van der Waals surface area (Å²) in [6.07, 6.45) is 4.36. The van der Waals surface area contributed by atoms with Crippen LogP contribution in [0.3, 0.4) is 0 Å². The van der Waals surface area contributed by atoms with Crippen molar-refractivity contribution in [2.24, 2.45) is 0 Å². The molecular formula is C25H33N5O2. The maximum absolute atomic E-state index is 6.32. The molecule has 32 heavy (non-hydrogen) atoms. The molecule has 0 radical (unpaired) electrons. The third-order valence-electron chi connectivity index (χ3n) is 7.62. The molecule has 3 fully saturated rings. The van der Waals surface area contributed by atoms with Crippen molar-refractivity contribution >= 4 is 17.2 Å². The summed E-state index contributed by atoms with van der Waals surface area (Å²) in [5.41, 5.74) is 6.17. The molecule has 2 N–H and O–H groups in total. The number of ether oxygens (including phenoxy) is 2. The fourth-order valence-electron chi connectivity index (χ4n) is 5.57. The predicted octanol–water partition coefficient (Wildman–Crippen LogP) is 3.01. The first kappa shape index (κ1) is 20.3. The normalized spacial score (nSPS) is 22.2. The van der Waals surface area contributed by atoms with Gasteiger partial charge >= 0.3 is 0 Å². The van der Waals surface area contributed by atoms with Crippen LogP contribution in [0.5, 0.6) is 5.75 Å². The van der Waals surface area contributed by atoms with Gasteiger partial charge in [-0.05, 0) is 68.1 Å². The van der Waals surface area contributed by atoms with E-state index in [1.165, 1.54) is 42.7 Å². The number of hydrogen-bond donors (Lipinski definition) is 2. The first-order valence-corrected chi connectivity index (χ1v) is 12.1. The highest BCUT2D eigenvalue weighted by Gasteiger charge is 2.30. The minimum absolute atomic E-state index is 0.530. The van der Waals surface area contributed by atoms with E-state index in [4.69, 9.17) is 9.47 Å². The number of nitrogens with zero attached hydrogens (tertiary/aromatic N) is 3. The van der Waals surface area contributed by atoms with Crippen LogP contribution in [-0.4, -0.2) is 68.4 Å². The Kier molecular flexibility index (Phi) is 5.41. The average Bonchev–Trinajstić information content (AvgIpc) is 2.97. The molecule has 5 heterocycles. The number of fused-ring (bicyclic) bond motifs is 2. The maximum atomic E-state index is 6.32. The van der Waals surface area contributed by atoms with Gasteiger partial charge in [-0.15, -0.1) is 0 Å². The van der Waals surface area contributed by atoms with Crippen LogP contribution < -0.4 is 20.3 Å². The molecule has 1 aromatic carbocycles. The monoisotopic (exact) mass is 435 g/mol. The Morgan fingerprint density at radius 2 is 1.88 bits per heavy atom. The molecule has 4 aliphatic rings. The standard InChI is InChI=1S/C25H33N5O2/c1-17-12-24-22(13-20(17)18-3-6-29(7-4-18)19-14-26-15-19)28-25-21(16-32-24)23(2-5-27-25)30-8-10-31-11-9-30/h2,5,12-13,18-19,26H,3-4,6-11,14-16H2,1H3,(H,27,28). The number of benzene rings is 1. The zero-order valence-electron chi connectivity index (χ0n) is 18.9. The molecule has 2 aromatic rings. The molecule has 7 nitrogen and oxygen atoms in total. The zero-order chi connectivity index (χ0) is 21.5. The number of aryl methyl sites for hydroxylation is 1. The van der Waals surface area contributed by atoms with Crippen LogP contribution in [0.1, 0.15) is 35.4 Å². The van der Waals surface area contributed by atoms with Crippen molar-refractivity contribution in [1.82, 2.24) is 15.2 Å².